The van der Waals surface area contributed by atoms with Crippen molar-refractivity contribution in [3.63, 3.8) is 0 Å². The number of nitrogens with zero attached hydrogens (tertiary/aromatic N) is 1. The molecule has 6 rings (SSSR count). The van der Waals surface area contributed by atoms with Crippen LogP contribution in [0.3, 0.4) is 0 Å². The summed E-state index contributed by atoms with van der Waals surface area (Å²) < 4.78 is 5.83. The molecule has 1 unspecified atom stereocenters. The molecule has 1 saturated heterocycles. The number of hydrogen-bond donors (Lipinski definition) is 0. The second-order valence-electron chi connectivity index (χ2n) is 10.5. The average molecular weight is 534 g/mol. The summed E-state index contributed by atoms with van der Waals surface area (Å²) >= 11 is 0. The van der Waals surface area contributed by atoms with Crippen LogP contribution in [0.4, 0.5) is 0 Å². The second kappa shape index (κ2) is 13.2. The van der Waals surface area contributed by atoms with Crippen molar-refractivity contribution in [1.82, 2.24) is 0 Å². The van der Waals surface area contributed by atoms with Crippen molar-refractivity contribution < 1.29 is 4.74 Å². The molecule has 4 aromatic rings. The maximum absolute atomic E-state index is 5.83. The van der Waals surface area contributed by atoms with Crippen LogP contribution in [0, 0.1) is 5.92 Å². The third-order valence-corrected chi connectivity index (χ3v) is 7.68. The highest BCUT2D eigenvalue weighted by Crippen LogP contribution is 2.44. The van der Waals surface area contributed by atoms with E-state index in [9.17, 15) is 0 Å². The number of rotatable bonds is 9. The van der Waals surface area contributed by atoms with Crippen molar-refractivity contribution in [2.75, 3.05) is 13.2 Å². The molecule has 1 fully saturated rings. The van der Waals surface area contributed by atoms with Crippen molar-refractivity contribution >= 4 is 29.0 Å². The summed E-state index contributed by atoms with van der Waals surface area (Å²) in [7, 11) is 0. The zero-order valence-corrected chi connectivity index (χ0v) is 23.3. The summed E-state index contributed by atoms with van der Waals surface area (Å²) in [5.74, 6) is 0.0825. The van der Waals surface area contributed by atoms with Crippen molar-refractivity contribution in [3.8, 4) is 0 Å². The fourth-order valence-corrected chi connectivity index (χ4v) is 5.69. The summed E-state index contributed by atoms with van der Waals surface area (Å²) in [4.78, 5) is 4.89. The van der Waals surface area contributed by atoms with E-state index >= 15 is 0 Å². The summed E-state index contributed by atoms with van der Waals surface area (Å²) in [6.45, 7) is 1.57. The smallest absolute Gasteiger partial charge is 0.0770 e. The molecule has 0 radical (unpaired) electrons. The van der Waals surface area contributed by atoms with Crippen LogP contribution in [0.5, 0.6) is 0 Å². The fraction of sp³-hybridized carbons (Fsp3) is 0.154. The van der Waals surface area contributed by atoms with E-state index in [4.69, 9.17) is 9.73 Å². The molecule has 0 amide bonds. The van der Waals surface area contributed by atoms with E-state index in [2.05, 4.69) is 152 Å². The first kappa shape index (κ1) is 26.7. The van der Waals surface area contributed by atoms with Crippen LogP contribution < -0.4 is 0 Å². The maximum atomic E-state index is 5.83. The molecule has 1 heterocycles. The molecule has 2 nitrogen and oxygen atoms in total. The minimum Gasteiger partial charge on any atom is -0.376 e. The molecule has 0 bridgehead atoms. The fourth-order valence-electron chi connectivity index (χ4n) is 5.69. The molecule has 0 spiro atoms. The molecule has 0 saturated carbocycles. The molecular formula is C39H35NO. The quantitative estimate of drug-likeness (QED) is 0.119. The SMILES string of the molecule is C1=CC(C=NC[C@H]2CCCO2)C(/C(=C(/C(=C/c2ccccc2)c2ccccc2)c2ccccc2)c2ccccc2)=C1. The van der Waals surface area contributed by atoms with Crippen LogP contribution in [0.15, 0.2) is 150 Å². The van der Waals surface area contributed by atoms with Crippen LogP contribution in [0.2, 0.25) is 0 Å². The van der Waals surface area contributed by atoms with Gasteiger partial charge in [-0.2, -0.15) is 0 Å². The van der Waals surface area contributed by atoms with Gasteiger partial charge in [0.05, 0.1) is 12.6 Å². The number of hydrogen-bond acceptors (Lipinski definition) is 2. The van der Waals surface area contributed by atoms with Gasteiger partial charge in [0, 0.05) is 18.7 Å². The minimum absolute atomic E-state index is 0.0825. The Morgan fingerprint density at radius 1 is 0.732 bits per heavy atom. The average Bonchev–Trinajstić information content (AvgIpc) is 3.73. The standard InChI is InChI=1S/C39H35NO/c1-5-15-30(16-6-1)27-37(31-17-7-2-8-18-31)39(33-21-11-4-12-22-33)38(32-19-9-3-10-20-32)36-25-13-23-34(36)28-40-29-35-24-14-26-41-35/h1-13,15-23,25,27-28,34-35H,14,24,26,29H2/b37-27+,39-38+,40-28?/t34?,35-/m1/s1. The van der Waals surface area contributed by atoms with E-state index in [1.807, 2.05) is 0 Å². The van der Waals surface area contributed by atoms with Crippen LogP contribution in [0.25, 0.3) is 22.8 Å². The van der Waals surface area contributed by atoms with Crippen molar-refractivity contribution in [3.05, 3.63) is 167 Å². The molecular weight excluding hydrogens is 498 g/mol. The van der Waals surface area contributed by atoms with E-state index in [1.165, 1.54) is 44.5 Å². The molecule has 41 heavy (non-hydrogen) atoms. The Morgan fingerprint density at radius 3 is 1.98 bits per heavy atom. The number of allylic oxidation sites excluding steroid dienone is 7. The van der Waals surface area contributed by atoms with E-state index in [-0.39, 0.29) is 12.0 Å². The topological polar surface area (TPSA) is 21.6 Å². The molecule has 1 aliphatic carbocycles. The zero-order valence-electron chi connectivity index (χ0n) is 23.3. The van der Waals surface area contributed by atoms with Gasteiger partial charge in [0.25, 0.3) is 0 Å². The van der Waals surface area contributed by atoms with Gasteiger partial charge in [-0.05, 0) is 63.5 Å². The summed E-state index contributed by atoms with van der Waals surface area (Å²) in [6, 6.07) is 42.9. The Labute approximate surface area is 243 Å². The van der Waals surface area contributed by atoms with Gasteiger partial charge in [-0.3, -0.25) is 4.99 Å². The van der Waals surface area contributed by atoms with Crippen LogP contribution in [-0.2, 0) is 4.74 Å². The van der Waals surface area contributed by atoms with Gasteiger partial charge in [-0.1, -0.05) is 140 Å². The van der Waals surface area contributed by atoms with Crippen molar-refractivity contribution in [2.24, 2.45) is 10.9 Å². The Morgan fingerprint density at radius 2 is 1.34 bits per heavy atom. The number of benzene rings is 4. The second-order valence-corrected chi connectivity index (χ2v) is 10.5. The van der Waals surface area contributed by atoms with Crippen LogP contribution >= 0.6 is 0 Å². The first-order valence-corrected chi connectivity index (χ1v) is 14.5. The van der Waals surface area contributed by atoms with Crippen molar-refractivity contribution in [2.45, 2.75) is 18.9 Å². The predicted molar refractivity (Wildman–Crippen MR) is 173 cm³/mol. The lowest BCUT2D eigenvalue weighted by molar-refractivity contribution is 0.118. The van der Waals surface area contributed by atoms with E-state index in [0.717, 1.165) is 26.0 Å². The van der Waals surface area contributed by atoms with Crippen molar-refractivity contribution in [1.29, 1.82) is 0 Å². The third kappa shape index (κ3) is 6.45. The maximum Gasteiger partial charge on any atom is 0.0770 e. The lowest BCUT2D eigenvalue weighted by Crippen LogP contribution is -2.11. The highest BCUT2D eigenvalue weighted by Gasteiger charge is 2.25. The monoisotopic (exact) mass is 533 g/mol. The normalized spacial score (nSPS) is 19.4. The largest absolute Gasteiger partial charge is 0.376 e. The summed E-state index contributed by atoms with van der Waals surface area (Å²) in [6.07, 6.45) is 13.6. The Kier molecular flexibility index (Phi) is 8.60. The molecule has 0 N–H and O–H groups in total. The Hall–Kier alpha value is -4.53. The molecule has 0 aromatic heterocycles. The third-order valence-electron chi connectivity index (χ3n) is 7.68. The van der Waals surface area contributed by atoms with Gasteiger partial charge in [0.2, 0.25) is 0 Å². The van der Waals surface area contributed by atoms with E-state index in [0.29, 0.717) is 0 Å². The molecule has 2 aliphatic rings. The Balaban J connectivity index is 1.57. The van der Waals surface area contributed by atoms with Gasteiger partial charge in [-0.15, -0.1) is 0 Å². The zero-order chi connectivity index (χ0) is 27.7. The van der Waals surface area contributed by atoms with Gasteiger partial charge in [0.15, 0.2) is 0 Å². The molecule has 4 aromatic carbocycles. The predicted octanol–water partition coefficient (Wildman–Crippen LogP) is 9.20. The minimum atomic E-state index is 0.0825. The molecule has 2 atom stereocenters. The van der Waals surface area contributed by atoms with Gasteiger partial charge in [-0.25, -0.2) is 0 Å². The number of ether oxygens (including phenoxy) is 1. The summed E-state index contributed by atoms with van der Waals surface area (Å²) in [5, 5.41) is 0. The first-order valence-electron chi connectivity index (χ1n) is 14.5. The Bertz CT molecular complexity index is 1570. The van der Waals surface area contributed by atoms with Gasteiger partial charge < -0.3 is 4.74 Å². The van der Waals surface area contributed by atoms with Gasteiger partial charge >= 0.3 is 0 Å². The molecule has 2 heteroatoms. The molecule has 202 valence electrons. The van der Waals surface area contributed by atoms with E-state index in [1.54, 1.807) is 0 Å². The summed E-state index contributed by atoms with van der Waals surface area (Å²) in [5.41, 5.74) is 9.58. The number of aliphatic imine (C=N–C) groups is 1. The van der Waals surface area contributed by atoms with Crippen LogP contribution in [0.1, 0.15) is 35.1 Å². The molecule has 1 aliphatic heterocycles. The lowest BCUT2D eigenvalue weighted by Gasteiger charge is -2.23. The first-order chi connectivity index (χ1) is 20.4. The van der Waals surface area contributed by atoms with E-state index < -0.39 is 0 Å². The highest BCUT2D eigenvalue weighted by atomic mass is 16.5. The van der Waals surface area contributed by atoms with Crippen LogP contribution in [-0.4, -0.2) is 25.5 Å². The lowest BCUT2D eigenvalue weighted by atomic mass is 9.80. The highest BCUT2D eigenvalue weighted by molar-refractivity contribution is 6.22. The van der Waals surface area contributed by atoms with Gasteiger partial charge in [0.1, 0.15) is 0 Å².